The quantitative estimate of drug-likeness (QED) is 0.458. The molecule has 0 aliphatic rings. The van der Waals surface area contributed by atoms with Gasteiger partial charge in [-0.2, -0.15) is 0 Å². The smallest absolute Gasteiger partial charge is 0.178 e. The molecule has 142 valence electrons. The van der Waals surface area contributed by atoms with Crippen LogP contribution in [0.2, 0.25) is 0 Å². The van der Waals surface area contributed by atoms with E-state index in [4.69, 9.17) is 13.7 Å². The molecule has 0 radical (unpaired) electrons. The molecule has 27 heavy (non-hydrogen) atoms. The normalized spacial score (nSPS) is 12.0. The van der Waals surface area contributed by atoms with Crippen molar-refractivity contribution in [2.45, 2.75) is 12.6 Å². The van der Waals surface area contributed by atoms with Crippen LogP contribution in [0.3, 0.4) is 0 Å². The first-order valence-corrected chi connectivity index (χ1v) is 9.15. The van der Waals surface area contributed by atoms with Gasteiger partial charge in [-0.3, -0.25) is 0 Å². The van der Waals surface area contributed by atoms with Gasteiger partial charge >= 0.3 is 0 Å². The topological polar surface area (TPSA) is 80.7 Å². The van der Waals surface area contributed by atoms with E-state index < -0.39 is 6.10 Å². The Bertz CT molecular complexity index is 967. The van der Waals surface area contributed by atoms with Crippen LogP contribution in [0.25, 0.3) is 21.5 Å². The van der Waals surface area contributed by atoms with Gasteiger partial charge in [0, 0.05) is 12.1 Å². The highest BCUT2D eigenvalue weighted by Crippen LogP contribution is 2.33. The SMILES string of the molecule is Cl.O[C@H](CNCc1ccco1)COc1cccc(-c2noc3ccsc23)c1. The number of nitrogens with one attached hydrogen (secondary N) is 1. The second-order valence-corrected chi connectivity index (χ2v) is 6.76. The molecule has 0 unspecified atom stereocenters. The fraction of sp³-hybridized carbons (Fsp3) is 0.211. The van der Waals surface area contributed by atoms with Crippen LogP contribution >= 0.6 is 23.7 Å². The maximum Gasteiger partial charge on any atom is 0.178 e. The molecule has 0 bridgehead atoms. The average Bonchev–Trinajstić information content (AvgIpc) is 3.38. The van der Waals surface area contributed by atoms with E-state index in [1.807, 2.05) is 47.8 Å². The van der Waals surface area contributed by atoms with E-state index in [1.165, 1.54) is 0 Å². The van der Waals surface area contributed by atoms with Gasteiger partial charge in [-0.05, 0) is 35.7 Å². The Morgan fingerprint density at radius 3 is 3.00 bits per heavy atom. The van der Waals surface area contributed by atoms with Crippen molar-refractivity contribution in [1.29, 1.82) is 0 Å². The molecule has 0 fully saturated rings. The lowest BCUT2D eigenvalue weighted by Gasteiger charge is -2.13. The number of aliphatic hydroxyl groups is 1. The Morgan fingerprint density at radius 1 is 1.22 bits per heavy atom. The maximum absolute atomic E-state index is 10.1. The molecule has 1 aromatic carbocycles. The predicted octanol–water partition coefficient (Wildman–Crippen LogP) is 4.10. The summed E-state index contributed by atoms with van der Waals surface area (Å²) < 4.78 is 17.3. The summed E-state index contributed by atoms with van der Waals surface area (Å²) in [5, 5.41) is 19.3. The lowest BCUT2D eigenvalue weighted by molar-refractivity contribution is 0.106. The molecule has 0 saturated heterocycles. The minimum absolute atomic E-state index is 0. The molecule has 2 N–H and O–H groups in total. The second-order valence-electron chi connectivity index (χ2n) is 5.85. The van der Waals surface area contributed by atoms with E-state index in [0.29, 0.717) is 18.8 Å². The lowest BCUT2D eigenvalue weighted by atomic mass is 10.1. The third-order valence-corrected chi connectivity index (χ3v) is 4.79. The summed E-state index contributed by atoms with van der Waals surface area (Å²) in [4.78, 5) is 0. The Labute approximate surface area is 166 Å². The summed E-state index contributed by atoms with van der Waals surface area (Å²) in [6.45, 7) is 1.18. The van der Waals surface area contributed by atoms with Gasteiger partial charge in [0.05, 0.1) is 12.8 Å². The van der Waals surface area contributed by atoms with Gasteiger partial charge in [0.2, 0.25) is 0 Å². The molecule has 3 aromatic heterocycles. The zero-order valence-corrected chi connectivity index (χ0v) is 16.0. The van der Waals surface area contributed by atoms with Crippen LogP contribution in [0.4, 0.5) is 0 Å². The summed E-state index contributed by atoms with van der Waals surface area (Å²) in [6, 6.07) is 13.3. The standard InChI is InChI=1S/C19H18N2O4S.ClH/c22-14(10-20-11-16-5-2-7-23-16)12-24-15-4-1-3-13(9-15)18-19-17(25-21-18)6-8-26-19;/h1-9,14,20,22H,10-12H2;1H/t14-;/m1./s1. The molecule has 4 rings (SSSR count). The van der Waals surface area contributed by atoms with Gasteiger partial charge in [0.1, 0.15) is 34.6 Å². The number of aromatic nitrogens is 1. The van der Waals surface area contributed by atoms with Crippen molar-refractivity contribution >= 4 is 34.0 Å². The number of hydrogen-bond donors (Lipinski definition) is 2. The van der Waals surface area contributed by atoms with E-state index in [2.05, 4.69) is 10.5 Å². The first-order chi connectivity index (χ1) is 12.8. The van der Waals surface area contributed by atoms with Crippen LogP contribution in [0.1, 0.15) is 5.76 Å². The van der Waals surface area contributed by atoms with Crippen molar-refractivity contribution in [3.05, 3.63) is 59.9 Å². The lowest BCUT2D eigenvalue weighted by Crippen LogP contribution is -2.31. The molecule has 0 amide bonds. The summed E-state index contributed by atoms with van der Waals surface area (Å²) in [6.07, 6.45) is 1.01. The zero-order valence-electron chi connectivity index (χ0n) is 14.3. The number of thiophene rings is 1. The highest BCUT2D eigenvalue weighted by Gasteiger charge is 2.12. The number of halogens is 1. The molecule has 0 spiro atoms. The third kappa shape index (κ3) is 4.70. The van der Waals surface area contributed by atoms with E-state index in [-0.39, 0.29) is 19.0 Å². The summed E-state index contributed by atoms with van der Waals surface area (Å²) in [5.41, 5.74) is 2.52. The fourth-order valence-corrected chi connectivity index (χ4v) is 3.44. The van der Waals surface area contributed by atoms with Gasteiger partial charge in [-0.25, -0.2) is 0 Å². The van der Waals surface area contributed by atoms with Gasteiger partial charge in [0.25, 0.3) is 0 Å². The largest absolute Gasteiger partial charge is 0.491 e. The van der Waals surface area contributed by atoms with Crippen molar-refractivity contribution in [2.24, 2.45) is 0 Å². The van der Waals surface area contributed by atoms with Gasteiger partial charge in [0.15, 0.2) is 5.58 Å². The van der Waals surface area contributed by atoms with Crippen molar-refractivity contribution in [3.63, 3.8) is 0 Å². The van der Waals surface area contributed by atoms with Crippen molar-refractivity contribution in [3.8, 4) is 17.0 Å². The maximum atomic E-state index is 10.1. The van der Waals surface area contributed by atoms with E-state index in [0.717, 1.165) is 27.3 Å². The van der Waals surface area contributed by atoms with Crippen LogP contribution in [-0.2, 0) is 6.54 Å². The number of hydrogen-bond acceptors (Lipinski definition) is 7. The monoisotopic (exact) mass is 406 g/mol. The van der Waals surface area contributed by atoms with Crippen LogP contribution in [0.15, 0.2) is 63.0 Å². The Morgan fingerprint density at radius 2 is 2.15 bits per heavy atom. The van der Waals surface area contributed by atoms with Gasteiger partial charge in [-0.15, -0.1) is 23.7 Å². The average molecular weight is 407 g/mol. The molecular weight excluding hydrogens is 388 g/mol. The molecule has 6 nitrogen and oxygen atoms in total. The molecule has 0 aliphatic carbocycles. The number of rotatable bonds is 8. The van der Waals surface area contributed by atoms with E-state index >= 15 is 0 Å². The highest BCUT2D eigenvalue weighted by atomic mass is 35.5. The first kappa shape index (κ1) is 19.4. The number of ether oxygens (including phenoxy) is 1. The van der Waals surface area contributed by atoms with E-state index in [1.54, 1.807) is 17.6 Å². The van der Waals surface area contributed by atoms with Crippen LogP contribution in [0, 0.1) is 0 Å². The zero-order chi connectivity index (χ0) is 17.8. The number of furan rings is 1. The summed E-state index contributed by atoms with van der Waals surface area (Å²) in [5.74, 6) is 1.51. The Hall–Kier alpha value is -2.32. The number of fused-ring (bicyclic) bond motifs is 1. The molecule has 4 aromatic rings. The van der Waals surface area contributed by atoms with Crippen molar-refractivity contribution in [1.82, 2.24) is 10.5 Å². The summed E-state index contributed by atoms with van der Waals surface area (Å²) in [7, 11) is 0. The van der Waals surface area contributed by atoms with Crippen molar-refractivity contribution in [2.75, 3.05) is 13.2 Å². The van der Waals surface area contributed by atoms with Crippen LogP contribution < -0.4 is 10.1 Å². The van der Waals surface area contributed by atoms with Gasteiger partial charge in [-0.1, -0.05) is 17.3 Å². The van der Waals surface area contributed by atoms with Gasteiger partial charge < -0.3 is 24.1 Å². The predicted molar refractivity (Wildman–Crippen MR) is 106 cm³/mol. The number of aliphatic hydroxyl groups excluding tert-OH is 1. The van der Waals surface area contributed by atoms with Crippen LogP contribution in [-0.4, -0.2) is 29.5 Å². The second kappa shape index (κ2) is 9.05. The number of benzene rings is 1. The first-order valence-electron chi connectivity index (χ1n) is 8.27. The minimum atomic E-state index is -0.621. The molecule has 8 heteroatoms. The fourth-order valence-electron chi connectivity index (χ4n) is 2.62. The van der Waals surface area contributed by atoms with Crippen molar-refractivity contribution < 1.29 is 18.8 Å². The minimum Gasteiger partial charge on any atom is -0.491 e. The Kier molecular flexibility index (Phi) is 6.52. The summed E-state index contributed by atoms with van der Waals surface area (Å²) >= 11 is 1.59. The molecular formula is C19H19ClN2O4S. The molecule has 0 aliphatic heterocycles. The Balaban J connectivity index is 0.00000210. The molecule has 3 heterocycles. The number of nitrogens with zero attached hydrogens (tertiary/aromatic N) is 1. The molecule has 0 saturated carbocycles. The third-order valence-electron chi connectivity index (χ3n) is 3.89. The van der Waals surface area contributed by atoms with E-state index in [9.17, 15) is 5.11 Å². The van der Waals surface area contributed by atoms with Crippen LogP contribution in [0.5, 0.6) is 5.75 Å². The molecule has 1 atom stereocenters. The highest BCUT2D eigenvalue weighted by molar-refractivity contribution is 7.17.